The zero-order chi connectivity index (χ0) is 15.3. The Kier molecular flexibility index (Phi) is 14.7. The maximum absolute atomic E-state index is 2.28. The Bertz CT molecular complexity index is 444. The van der Waals surface area contributed by atoms with Crippen LogP contribution >= 0.6 is 0 Å². The van der Waals surface area contributed by atoms with E-state index < -0.39 is 0 Å². The van der Waals surface area contributed by atoms with Crippen LogP contribution in [0.2, 0.25) is 0 Å². The lowest BCUT2D eigenvalue weighted by Crippen LogP contribution is -3.00. The lowest BCUT2D eigenvalue weighted by molar-refractivity contribution is -0.697. The molecule has 0 amide bonds. The number of aryl methyl sites for hydroxylation is 2. The van der Waals surface area contributed by atoms with E-state index in [2.05, 4.69) is 70.3 Å². The van der Waals surface area contributed by atoms with Gasteiger partial charge in [0.2, 0.25) is 0 Å². The second-order valence-corrected chi connectivity index (χ2v) is 6.06. The molecule has 0 N–H and O–H groups in total. The first-order valence-corrected chi connectivity index (χ1v) is 8.83. The van der Waals surface area contributed by atoms with Crippen molar-refractivity contribution in [3.8, 4) is 0 Å². The molecule has 2 aromatic rings. The molecule has 0 bridgehead atoms. The maximum atomic E-state index is 2.28. The van der Waals surface area contributed by atoms with Crippen LogP contribution in [0, 0.1) is 0 Å². The van der Waals surface area contributed by atoms with Crippen molar-refractivity contribution in [2.45, 2.75) is 64.5 Å². The fourth-order valence-corrected chi connectivity index (χ4v) is 2.82. The SMILES string of the molecule is [Cl-].[Cl-].c1cc[n+](CCCCCCCCCC[n+]2ccccc2)cc1. The van der Waals surface area contributed by atoms with E-state index in [1.165, 1.54) is 51.4 Å². The molecule has 0 aliphatic heterocycles. The van der Waals surface area contributed by atoms with Gasteiger partial charge in [-0.1, -0.05) is 37.8 Å². The summed E-state index contributed by atoms with van der Waals surface area (Å²) in [4.78, 5) is 0. The summed E-state index contributed by atoms with van der Waals surface area (Å²) in [6.07, 6.45) is 19.5. The van der Waals surface area contributed by atoms with Crippen LogP contribution < -0.4 is 33.9 Å². The first-order valence-electron chi connectivity index (χ1n) is 8.83. The second-order valence-electron chi connectivity index (χ2n) is 6.06. The van der Waals surface area contributed by atoms with E-state index >= 15 is 0 Å². The second kappa shape index (κ2) is 15.4. The van der Waals surface area contributed by atoms with Gasteiger partial charge in [0.25, 0.3) is 0 Å². The Morgan fingerprint density at radius 2 is 0.667 bits per heavy atom. The summed E-state index contributed by atoms with van der Waals surface area (Å²) in [5.74, 6) is 0. The van der Waals surface area contributed by atoms with Gasteiger partial charge in [-0.25, -0.2) is 9.13 Å². The van der Waals surface area contributed by atoms with Gasteiger partial charge >= 0.3 is 0 Å². The van der Waals surface area contributed by atoms with Gasteiger partial charge in [0.15, 0.2) is 24.8 Å². The van der Waals surface area contributed by atoms with Crippen LogP contribution in [0.1, 0.15) is 51.4 Å². The molecule has 2 aromatic heterocycles. The van der Waals surface area contributed by atoms with Crippen LogP contribution in [-0.4, -0.2) is 0 Å². The first kappa shape index (κ1) is 22.9. The predicted molar refractivity (Wildman–Crippen MR) is 90.2 cm³/mol. The maximum Gasteiger partial charge on any atom is 0.168 e. The number of hydrogen-bond donors (Lipinski definition) is 0. The van der Waals surface area contributed by atoms with Gasteiger partial charge in [-0.05, 0) is 12.8 Å². The zero-order valence-corrected chi connectivity index (χ0v) is 16.0. The van der Waals surface area contributed by atoms with Crippen molar-refractivity contribution in [3.63, 3.8) is 0 Å². The largest absolute Gasteiger partial charge is 1.00 e. The number of unbranched alkanes of at least 4 members (excludes halogenated alkanes) is 7. The molecule has 0 aromatic carbocycles. The predicted octanol–water partition coefficient (Wildman–Crippen LogP) is -1.91. The van der Waals surface area contributed by atoms with Gasteiger partial charge in [-0.15, -0.1) is 0 Å². The molecule has 0 spiro atoms. The highest BCUT2D eigenvalue weighted by molar-refractivity contribution is 4.84. The van der Waals surface area contributed by atoms with Crippen LogP contribution in [0.25, 0.3) is 0 Å². The molecule has 4 heteroatoms. The Balaban J connectivity index is 0.00000264. The summed E-state index contributed by atoms with van der Waals surface area (Å²) in [6, 6.07) is 12.6. The van der Waals surface area contributed by atoms with E-state index in [4.69, 9.17) is 0 Å². The Labute approximate surface area is 159 Å². The molecule has 2 heterocycles. The molecular weight excluding hydrogens is 339 g/mol. The van der Waals surface area contributed by atoms with Gasteiger partial charge in [-0.3, -0.25) is 0 Å². The number of nitrogens with zero attached hydrogens (tertiary/aromatic N) is 2. The lowest BCUT2D eigenvalue weighted by Gasteiger charge is -2.01. The summed E-state index contributed by atoms with van der Waals surface area (Å²) in [6.45, 7) is 2.32. The standard InChI is InChI=1S/C20H30N2.2ClH/c1(3-5-9-15-21-17-11-7-12-18-21)2-4-6-10-16-22-19-13-8-14-20-22;;/h7-8,11-14,17-20H,1-6,9-10,15-16H2;2*1H/q+2;;/p-2. The monoisotopic (exact) mass is 368 g/mol. The molecule has 2 rings (SSSR count). The Hall–Kier alpha value is -1.12. The van der Waals surface area contributed by atoms with Crippen LogP contribution in [0.5, 0.6) is 0 Å². The first-order chi connectivity index (χ1) is 10.9. The highest BCUT2D eigenvalue weighted by atomic mass is 35.5. The van der Waals surface area contributed by atoms with Crippen LogP contribution in [0.3, 0.4) is 0 Å². The van der Waals surface area contributed by atoms with E-state index in [-0.39, 0.29) is 24.8 Å². The third kappa shape index (κ3) is 10.6. The lowest BCUT2D eigenvalue weighted by atomic mass is 10.1. The van der Waals surface area contributed by atoms with Gasteiger partial charge in [-0.2, -0.15) is 0 Å². The minimum absolute atomic E-state index is 0. The molecule has 0 atom stereocenters. The molecule has 24 heavy (non-hydrogen) atoms. The van der Waals surface area contributed by atoms with E-state index in [0.717, 1.165) is 13.1 Å². The third-order valence-electron chi connectivity index (χ3n) is 4.14. The summed E-state index contributed by atoms with van der Waals surface area (Å²) in [5.41, 5.74) is 0. The fraction of sp³-hybridized carbons (Fsp3) is 0.500. The normalized spacial score (nSPS) is 9.83. The molecule has 2 nitrogen and oxygen atoms in total. The Morgan fingerprint density at radius 1 is 0.375 bits per heavy atom. The van der Waals surface area contributed by atoms with E-state index in [1.807, 2.05) is 0 Å². The van der Waals surface area contributed by atoms with Crippen molar-refractivity contribution in [3.05, 3.63) is 61.2 Å². The summed E-state index contributed by atoms with van der Waals surface area (Å²) in [7, 11) is 0. The molecule has 0 radical (unpaired) electrons. The Morgan fingerprint density at radius 3 is 1.00 bits per heavy atom. The number of pyridine rings is 2. The molecular formula is C20H30Cl2N2. The van der Waals surface area contributed by atoms with Gasteiger partial charge in [0.05, 0.1) is 0 Å². The van der Waals surface area contributed by atoms with Crippen molar-refractivity contribution in [1.29, 1.82) is 0 Å². The van der Waals surface area contributed by atoms with Crippen molar-refractivity contribution >= 4 is 0 Å². The molecule has 134 valence electrons. The van der Waals surface area contributed by atoms with Crippen molar-refractivity contribution in [2.24, 2.45) is 0 Å². The number of hydrogen-bond acceptors (Lipinski definition) is 0. The van der Waals surface area contributed by atoms with Gasteiger partial charge < -0.3 is 24.8 Å². The smallest absolute Gasteiger partial charge is 0.168 e. The van der Waals surface area contributed by atoms with Crippen molar-refractivity contribution in [1.82, 2.24) is 0 Å². The quantitative estimate of drug-likeness (QED) is 0.323. The van der Waals surface area contributed by atoms with Gasteiger partial charge in [0.1, 0.15) is 13.1 Å². The highest BCUT2D eigenvalue weighted by Gasteiger charge is 1.99. The average molecular weight is 369 g/mol. The molecule has 0 fully saturated rings. The number of aromatic nitrogens is 2. The summed E-state index contributed by atoms with van der Waals surface area (Å²) >= 11 is 0. The van der Waals surface area contributed by atoms with Crippen LogP contribution in [-0.2, 0) is 13.1 Å². The van der Waals surface area contributed by atoms with Crippen molar-refractivity contribution in [2.75, 3.05) is 0 Å². The highest BCUT2D eigenvalue weighted by Crippen LogP contribution is 2.08. The number of rotatable bonds is 11. The minimum atomic E-state index is 0. The van der Waals surface area contributed by atoms with E-state index in [9.17, 15) is 0 Å². The fourth-order valence-electron chi connectivity index (χ4n) is 2.82. The molecule has 0 saturated heterocycles. The van der Waals surface area contributed by atoms with E-state index in [0.29, 0.717) is 0 Å². The summed E-state index contributed by atoms with van der Waals surface area (Å²) < 4.78 is 4.56. The van der Waals surface area contributed by atoms with Crippen LogP contribution in [0.4, 0.5) is 0 Å². The average Bonchev–Trinajstić information content (AvgIpc) is 2.58. The molecule has 0 unspecified atom stereocenters. The number of halogens is 2. The van der Waals surface area contributed by atoms with Crippen molar-refractivity contribution < 1.29 is 33.9 Å². The third-order valence-corrected chi connectivity index (χ3v) is 4.14. The molecule has 0 saturated carbocycles. The minimum Gasteiger partial charge on any atom is -1.00 e. The molecule has 0 aliphatic rings. The van der Waals surface area contributed by atoms with E-state index in [1.54, 1.807) is 0 Å². The van der Waals surface area contributed by atoms with Gasteiger partial charge in [0, 0.05) is 37.1 Å². The topological polar surface area (TPSA) is 7.76 Å². The molecule has 0 aliphatic carbocycles. The zero-order valence-electron chi connectivity index (χ0n) is 14.5. The van der Waals surface area contributed by atoms with Crippen LogP contribution in [0.15, 0.2) is 61.2 Å². The summed E-state index contributed by atoms with van der Waals surface area (Å²) in [5, 5.41) is 0.